The van der Waals surface area contributed by atoms with Crippen molar-refractivity contribution in [1.29, 1.82) is 0 Å². The van der Waals surface area contributed by atoms with Gasteiger partial charge in [0.25, 0.3) is 0 Å². The summed E-state index contributed by atoms with van der Waals surface area (Å²) in [6.45, 7) is 2.09. The van der Waals surface area contributed by atoms with Gasteiger partial charge >= 0.3 is 0 Å². The maximum Gasteiger partial charge on any atom is 0.177 e. The van der Waals surface area contributed by atoms with E-state index in [0.29, 0.717) is 5.56 Å². The largest absolute Gasteiger partial charge is 0.293 e. The molecule has 0 aliphatic heterocycles. The molecule has 0 atom stereocenters. The molecule has 98 valence electrons. The summed E-state index contributed by atoms with van der Waals surface area (Å²) in [6.07, 6.45) is 0. The van der Waals surface area contributed by atoms with Gasteiger partial charge in [0.1, 0.15) is 0 Å². The molecule has 0 bridgehead atoms. The minimum atomic E-state index is -0.0308. The van der Waals surface area contributed by atoms with E-state index in [2.05, 4.69) is 31.2 Å². The van der Waals surface area contributed by atoms with Crippen molar-refractivity contribution in [2.24, 2.45) is 0 Å². The van der Waals surface area contributed by atoms with Crippen molar-refractivity contribution < 1.29 is 4.79 Å². The van der Waals surface area contributed by atoms with Crippen LogP contribution in [0.4, 0.5) is 0 Å². The summed E-state index contributed by atoms with van der Waals surface area (Å²) in [7, 11) is 0. The van der Waals surface area contributed by atoms with Gasteiger partial charge in [-0.1, -0.05) is 42.0 Å². The maximum atomic E-state index is 11.4. The first-order chi connectivity index (χ1) is 9.19. The summed E-state index contributed by atoms with van der Waals surface area (Å²) in [5, 5.41) is 0. The van der Waals surface area contributed by atoms with Gasteiger partial charge in [0.2, 0.25) is 0 Å². The number of Topliss-reactive ketones (excluding diaryl/α,β-unsaturated/α-hetero) is 1. The highest BCUT2D eigenvalue weighted by Gasteiger charge is 2.03. The zero-order valence-corrected chi connectivity index (χ0v) is 12.3. The Morgan fingerprint density at radius 2 is 1.68 bits per heavy atom. The van der Waals surface area contributed by atoms with Crippen molar-refractivity contribution in [1.82, 2.24) is 0 Å². The van der Waals surface area contributed by atoms with Crippen LogP contribution in [0.15, 0.2) is 53.4 Å². The number of benzene rings is 2. The Balaban J connectivity index is 1.96. The first-order valence-electron chi connectivity index (χ1n) is 6.06. The van der Waals surface area contributed by atoms with Crippen LogP contribution < -0.4 is 0 Å². The lowest BCUT2D eigenvalue weighted by atomic mass is 10.1. The van der Waals surface area contributed by atoms with Crippen LogP contribution in [-0.4, -0.2) is 11.7 Å². The number of ketones is 1. The quantitative estimate of drug-likeness (QED) is 0.451. The zero-order valence-electron chi connectivity index (χ0n) is 10.7. The van der Waals surface area contributed by atoms with E-state index in [4.69, 9.17) is 11.6 Å². The zero-order chi connectivity index (χ0) is 13.7. The predicted octanol–water partition coefficient (Wildman–Crippen LogP) is 4.71. The predicted molar refractivity (Wildman–Crippen MR) is 82.2 cm³/mol. The molecule has 19 heavy (non-hydrogen) atoms. The van der Waals surface area contributed by atoms with E-state index in [-0.39, 0.29) is 11.7 Å². The third-order valence-corrected chi connectivity index (χ3v) is 4.15. The van der Waals surface area contributed by atoms with Gasteiger partial charge in [-0.25, -0.2) is 0 Å². The SMILES string of the molecule is Cc1ccc(CSc2ccc(C(=O)CCl)cc2)cc1. The normalized spacial score (nSPS) is 10.4. The van der Waals surface area contributed by atoms with Gasteiger partial charge in [-0.2, -0.15) is 0 Å². The summed E-state index contributed by atoms with van der Waals surface area (Å²) in [4.78, 5) is 12.6. The number of aryl methyl sites for hydroxylation is 1. The van der Waals surface area contributed by atoms with E-state index in [9.17, 15) is 4.79 Å². The van der Waals surface area contributed by atoms with Gasteiger partial charge in [-0.05, 0) is 24.6 Å². The highest BCUT2D eigenvalue weighted by atomic mass is 35.5. The highest BCUT2D eigenvalue weighted by molar-refractivity contribution is 7.98. The van der Waals surface area contributed by atoms with Gasteiger partial charge in [0.15, 0.2) is 5.78 Å². The van der Waals surface area contributed by atoms with Crippen molar-refractivity contribution in [2.75, 3.05) is 5.88 Å². The van der Waals surface area contributed by atoms with Crippen LogP contribution in [0.25, 0.3) is 0 Å². The summed E-state index contributed by atoms with van der Waals surface area (Å²) in [5.41, 5.74) is 3.25. The van der Waals surface area contributed by atoms with Crippen molar-refractivity contribution >= 4 is 29.1 Å². The van der Waals surface area contributed by atoms with Crippen LogP contribution in [0.3, 0.4) is 0 Å². The fourth-order valence-electron chi connectivity index (χ4n) is 1.67. The van der Waals surface area contributed by atoms with Crippen LogP contribution in [-0.2, 0) is 5.75 Å². The molecule has 2 aromatic rings. The van der Waals surface area contributed by atoms with E-state index in [1.807, 2.05) is 24.3 Å². The first kappa shape index (κ1) is 14.2. The number of halogens is 1. The molecule has 2 rings (SSSR count). The third kappa shape index (κ3) is 4.12. The molecule has 0 saturated heterocycles. The maximum absolute atomic E-state index is 11.4. The number of thioether (sulfide) groups is 1. The molecular formula is C16H15ClOS. The number of hydrogen-bond donors (Lipinski definition) is 0. The number of carbonyl (C=O) groups excluding carboxylic acids is 1. The van der Waals surface area contributed by atoms with Crippen molar-refractivity contribution in [3.8, 4) is 0 Å². The fourth-order valence-corrected chi connectivity index (χ4v) is 2.67. The molecule has 0 amide bonds. The lowest BCUT2D eigenvalue weighted by Crippen LogP contribution is -1.99. The Kier molecular flexibility index (Phi) is 5.06. The lowest BCUT2D eigenvalue weighted by molar-refractivity contribution is 0.102. The number of hydrogen-bond acceptors (Lipinski definition) is 2. The minimum Gasteiger partial charge on any atom is -0.293 e. The second-order valence-electron chi connectivity index (χ2n) is 4.36. The van der Waals surface area contributed by atoms with Crippen LogP contribution in [0.5, 0.6) is 0 Å². The van der Waals surface area contributed by atoms with Crippen LogP contribution in [0, 0.1) is 6.92 Å². The van der Waals surface area contributed by atoms with E-state index >= 15 is 0 Å². The first-order valence-corrected chi connectivity index (χ1v) is 7.58. The molecular weight excluding hydrogens is 276 g/mol. The van der Waals surface area contributed by atoms with Crippen LogP contribution >= 0.6 is 23.4 Å². The lowest BCUT2D eigenvalue weighted by Gasteiger charge is -2.04. The summed E-state index contributed by atoms with van der Waals surface area (Å²) < 4.78 is 0. The van der Waals surface area contributed by atoms with Gasteiger partial charge in [0.05, 0.1) is 5.88 Å². The number of rotatable bonds is 5. The highest BCUT2D eigenvalue weighted by Crippen LogP contribution is 2.23. The molecule has 0 heterocycles. The van der Waals surface area contributed by atoms with Gasteiger partial charge in [-0.3, -0.25) is 4.79 Å². The smallest absolute Gasteiger partial charge is 0.177 e. The molecule has 1 nitrogen and oxygen atoms in total. The Morgan fingerprint density at radius 3 is 2.26 bits per heavy atom. The minimum absolute atomic E-state index is 0.0308. The van der Waals surface area contributed by atoms with Crippen LogP contribution in [0.1, 0.15) is 21.5 Å². The van der Waals surface area contributed by atoms with E-state index in [1.54, 1.807) is 11.8 Å². The monoisotopic (exact) mass is 290 g/mol. The molecule has 0 spiro atoms. The second-order valence-corrected chi connectivity index (χ2v) is 5.67. The van der Waals surface area contributed by atoms with Crippen molar-refractivity contribution in [2.45, 2.75) is 17.6 Å². The molecule has 0 radical (unpaired) electrons. The molecule has 2 aromatic carbocycles. The average molecular weight is 291 g/mol. The molecule has 0 aliphatic rings. The second kappa shape index (κ2) is 6.78. The summed E-state index contributed by atoms with van der Waals surface area (Å²) in [6, 6.07) is 16.2. The Labute approximate surface area is 123 Å². The van der Waals surface area contributed by atoms with E-state index in [1.165, 1.54) is 11.1 Å². The Hall–Kier alpha value is -1.25. The third-order valence-electron chi connectivity index (χ3n) is 2.82. The summed E-state index contributed by atoms with van der Waals surface area (Å²) >= 11 is 7.29. The molecule has 0 fully saturated rings. The molecule has 0 unspecified atom stereocenters. The van der Waals surface area contributed by atoms with E-state index in [0.717, 1.165) is 10.6 Å². The topological polar surface area (TPSA) is 17.1 Å². The Morgan fingerprint density at radius 1 is 1.05 bits per heavy atom. The van der Waals surface area contributed by atoms with Crippen molar-refractivity contribution in [3.63, 3.8) is 0 Å². The fraction of sp³-hybridized carbons (Fsp3) is 0.188. The summed E-state index contributed by atoms with van der Waals surface area (Å²) in [5.74, 6) is 0.940. The standard InChI is InChI=1S/C16H15ClOS/c1-12-2-4-13(5-3-12)11-19-15-8-6-14(7-9-15)16(18)10-17/h2-9H,10-11H2,1H3. The van der Waals surface area contributed by atoms with Gasteiger partial charge in [0, 0.05) is 16.2 Å². The molecule has 3 heteroatoms. The van der Waals surface area contributed by atoms with Crippen LogP contribution in [0.2, 0.25) is 0 Å². The molecule has 0 saturated carbocycles. The average Bonchev–Trinajstić information content (AvgIpc) is 2.46. The Bertz CT molecular complexity index is 546. The number of alkyl halides is 1. The number of carbonyl (C=O) groups is 1. The molecule has 0 aliphatic carbocycles. The molecule has 0 aromatic heterocycles. The van der Waals surface area contributed by atoms with Gasteiger partial charge < -0.3 is 0 Å². The van der Waals surface area contributed by atoms with Crippen molar-refractivity contribution in [3.05, 3.63) is 65.2 Å². The van der Waals surface area contributed by atoms with E-state index < -0.39 is 0 Å². The van der Waals surface area contributed by atoms with Gasteiger partial charge in [-0.15, -0.1) is 23.4 Å². The molecule has 0 N–H and O–H groups in total.